The van der Waals surface area contributed by atoms with Gasteiger partial charge in [-0.2, -0.15) is 0 Å². The van der Waals surface area contributed by atoms with Crippen LogP contribution in [-0.4, -0.2) is 24.2 Å². The van der Waals surface area contributed by atoms with Gasteiger partial charge in [-0.25, -0.2) is 9.97 Å². The third-order valence-electron chi connectivity index (χ3n) is 3.83. The minimum Gasteiger partial charge on any atom is -0.383 e. The summed E-state index contributed by atoms with van der Waals surface area (Å²) in [5.74, 6) is 1.59. The maximum atomic E-state index is 5.96. The van der Waals surface area contributed by atoms with Gasteiger partial charge in [-0.3, -0.25) is 0 Å². The normalized spacial score (nSPS) is 18.1. The first kappa shape index (κ1) is 15.7. The molecule has 2 N–H and O–H groups in total. The summed E-state index contributed by atoms with van der Waals surface area (Å²) >= 11 is 3.41. The second kappa shape index (κ2) is 7.33. The Hall–Kier alpha value is -0.720. The molecule has 2 rings (SSSR count). The van der Waals surface area contributed by atoms with Gasteiger partial charge in [-0.05, 0) is 34.7 Å². The van der Waals surface area contributed by atoms with E-state index in [0.717, 1.165) is 18.5 Å². The largest absolute Gasteiger partial charge is 0.383 e. The lowest BCUT2D eigenvalue weighted by Crippen LogP contribution is -2.21. The molecule has 1 atom stereocenters. The van der Waals surface area contributed by atoms with Crippen LogP contribution in [0, 0.1) is 5.92 Å². The topological polar surface area (TPSA) is 70.3 Å². The average Bonchev–Trinajstić information content (AvgIpc) is 2.46. The molecular formula is C14H22BrN3O2. The van der Waals surface area contributed by atoms with Crippen LogP contribution in [-0.2, 0) is 16.1 Å². The molecule has 1 aliphatic carbocycles. The minimum atomic E-state index is -0.0821. The molecule has 1 aliphatic rings. The van der Waals surface area contributed by atoms with Crippen LogP contribution >= 0.6 is 15.9 Å². The summed E-state index contributed by atoms with van der Waals surface area (Å²) in [6.45, 7) is 0.404. The molecule has 1 aromatic heterocycles. The van der Waals surface area contributed by atoms with E-state index in [-0.39, 0.29) is 6.10 Å². The van der Waals surface area contributed by atoms with Crippen LogP contribution in [0.25, 0.3) is 0 Å². The van der Waals surface area contributed by atoms with Gasteiger partial charge < -0.3 is 15.2 Å². The fraction of sp³-hybridized carbons (Fsp3) is 0.714. The first-order valence-electron chi connectivity index (χ1n) is 7.01. The van der Waals surface area contributed by atoms with Crippen LogP contribution in [0.3, 0.4) is 0 Å². The molecule has 112 valence electrons. The van der Waals surface area contributed by atoms with Crippen molar-refractivity contribution < 1.29 is 9.47 Å². The lowest BCUT2D eigenvalue weighted by Gasteiger charge is -2.28. The van der Waals surface area contributed by atoms with E-state index in [9.17, 15) is 0 Å². The quantitative estimate of drug-likeness (QED) is 0.888. The highest BCUT2D eigenvalue weighted by atomic mass is 79.9. The van der Waals surface area contributed by atoms with E-state index in [1.165, 1.54) is 19.3 Å². The van der Waals surface area contributed by atoms with Gasteiger partial charge in [-0.15, -0.1) is 0 Å². The predicted molar refractivity (Wildman–Crippen MR) is 81.2 cm³/mol. The van der Waals surface area contributed by atoms with Crippen LogP contribution in [0.4, 0.5) is 5.82 Å². The van der Waals surface area contributed by atoms with Crippen molar-refractivity contribution in [3.05, 3.63) is 16.0 Å². The van der Waals surface area contributed by atoms with E-state index < -0.39 is 0 Å². The average molecular weight is 344 g/mol. The monoisotopic (exact) mass is 343 g/mol. The van der Waals surface area contributed by atoms with Gasteiger partial charge in [0.2, 0.25) is 0 Å². The molecule has 0 amide bonds. The number of halogens is 1. The highest BCUT2D eigenvalue weighted by Crippen LogP contribution is 2.36. The predicted octanol–water partition coefficient (Wildman–Crippen LogP) is 3.24. The smallest absolute Gasteiger partial charge is 0.160 e. The number of ether oxygens (including phenoxy) is 2. The van der Waals surface area contributed by atoms with Crippen LogP contribution in [0.1, 0.15) is 49.7 Å². The van der Waals surface area contributed by atoms with Gasteiger partial charge >= 0.3 is 0 Å². The zero-order valence-corrected chi connectivity index (χ0v) is 13.6. The highest BCUT2D eigenvalue weighted by molar-refractivity contribution is 9.10. The molecule has 1 heterocycles. The van der Waals surface area contributed by atoms with Crippen molar-refractivity contribution in [3.63, 3.8) is 0 Å². The first-order chi connectivity index (χ1) is 9.67. The number of nitrogen functional groups attached to an aromatic ring is 1. The zero-order chi connectivity index (χ0) is 14.5. The van der Waals surface area contributed by atoms with Crippen molar-refractivity contribution in [3.8, 4) is 0 Å². The molecule has 0 aromatic carbocycles. The fourth-order valence-corrected chi connectivity index (χ4v) is 3.13. The summed E-state index contributed by atoms with van der Waals surface area (Å²) in [7, 11) is 3.36. The maximum absolute atomic E-state index is 5.96. The van der Waals surface area contributed by atoms with Crippen LogP contribution < -0.4 is 5.73 Å². The molecule has 1 fully saturated rings. The molecule has 0 aliphatic heterocycles. The third kappa shape index (κ3) is 3.48. The Morgan fingerprint density at radius 1 is 1.25 bits per heavy atom. The second-order valence-electron chi connectivity index (χ2n) is 5.22. The number of methoxy groups -OCH3 is 2. The van der Waals surface area contributed by atoms with E-state index in [0.29, 0.717) is 28.6 Å². The zero-order valence-electron chi connectivity index (χ0n) is 12.1. The van der Waals surface area contributed by atoms with Gasteiger partial charge in [0.15, 0.2) is 5.82 Å². The van der Waals surface area contributed by atoms with Crippen LogP contribution in [0.5, 0.6) is 0 Å². The summed E-state index contributed by atoms with van der Waals surface area (Å²) in [5, 5.41) is 0. The van der Waals surface area contributed by atoms with Gasteiger partial charge in [0.1, 0.15) is 11.9 Å². The minimum absolute atomic E-state index is 0.0821. The summed E-state index contributed by atoms with van der Waals surface area (Å²) in [6, 6.07) is 0. The van der Waals surface area contributed by atoms with E-state index >= 15 is 0 Å². The van der Waals surface area contributed by atoms with Gasteiger partial charge in [0.05, 0.1) is 16.8 Å². The second-order valence-corrected chi connectivity index (χ2v) is 6.01. The molecule has 0 spiro atoms. The molecule has 0 radical (unpaired) electrons. The number of aromatic nitrogens is 2. The summed E-state index contributed by atoms with van der Waals surface area (Å²) < 4.78 is 11.5. The maximum Gasteiger partial charge on any atom is 0.160 e. The van der Waals surface area contributed by atoms with Crippen molar-refractivity contribution in [2.75, 3.05) is 20.0 Å². The van der Waals surface area contributed by atoms with E-state index in [2.05, 4.69) is 25.9 Å². The Bertz CT molecular complexity index is 450. The molecule has 1 aromatic rings. The number of nitrogens with zero attached hydrogens (tertiary/aromatic N) is 2. The lowest BCUT2D eigenvalue weighted by molar-refractivity contribution is 0.0285. The number of hydrogen-bond donors (Lipinski definition) is 1. The number of anilines is 1. The van der Waals surface area contributed by atoms with Gasteiger partial charge in [-0.1, -0.05) is 19.3 Å². The molecule has 1 unspecified atom stereocenters. The molecule has 20 heavy (non-hydrogen) atoms. The van der Waals surface area contributed by atoms with E-state index in [1.807, 2.05) is 0 Å². The Kier molecular flexibility index (Phi) is 5.74. The molecule has 5 nitrogen and oxygen atoms in total. The number of rotatable bonds is 5. The van der Waals surface area contributed by atoms with Crippen molar-refractivity contribution in [2.45, 2.75) is 44.8 Å². The third-order valence-corrected chi connectivity index (χ3v) is 4.69. The summed E-state index contributed by atoms with van der Waals surface area (Å²) in [5.41, 5.74) is 6.74. The number of hydrogen-bond acceptors (Lipinski definition) is 5. The first-order valence-corrected chi connectivity index (χ1v) is 7.80. The lowest BCUT2D eigenvalue weighted by atomic mass is 9.85. The number of nitrogens with two attached hydrogens (primary N) is 1. The van der Waals surface area contributed by atoms with Crippen molar-refractivity contribution >= 4 is 21.7 Å². The Morgan fingerprint density at radius 2 is 1.95 bits per heavy atom. The van der Waals surface area contributed by atoms with E-state index in [1.54, 1.807) is 14.2 Å². The van der Waals surface area contributed by atoms with Crippen LogP contribution in [0.2, 0.25) is 0 Å². The molecule has 0 saturated heterocycles. The van der Waals surface area contributed by atoms with Crippen molar-refractivity contribution in [1.29, 1.82) is 0 Å². The molecule has 1 saturated carbocycles. The van der Waals surface area contributed by atoms with Crippen molar-refractivity contribution in [1.82, 2.24) is 9.97 Å². The Morgan fingerprint density at radius 3 is 2.55 bits per heavy atom. The summed E-state index contributed by atoms with van der Waals surface area (Å²) in [4.78, 5) is 8.98. The van der Waals surface area contributed by atoms with E-state index in [4.69, 9.17) is 15.2 Å². The standard InChI is InChI=1S/C14H22BrN3O2/c1-19-8-10-11(15)13(16)18-14(17-10)12(20-2)9-6-4-3-5-7-9/h9,12H,3-8H2,1-2H3,(H2,16,17,18). The summed E-state index contributed by atoms with van der Waals surface area (Å²) in [6.07, 6.45) is 6.06. The Labute approximate surface area is 128 Å². The van der Waals surface area contributed by atoms with Gasteiger partial charge in [0, 0.05) is 14.2 Å². The highest BCUT2D eigenvalue weighted by Gasteiger charge is 2.28. The van der Waals surface area contributed by atoms with Crippen molar-refractivity contribution in [2.24, 2.45) is 5.92 Å². The molecule has 6 heteroatoms. The van der Waals surface area contributed by atoms with Gasteiger partial charge in [0.25, 0.3) is 0 Å². The Balaban J connectivity index is 2.28. The fourth-order valence-electron chi connectivity index (χ4n) is 2.84. The SMILES string of the molecule is COCc1nc(C(OC)C2CCCCC2)nc(N)c1Br. The molecular weight excluding hydrogens is 322 g/mol. The van der Waals surface area contributed by atoms with Crippen LogP contribution in [0.15, 0.2) is 4.47 Å². The molecule has 0 bridgehead atoms.